The van der Waals surface area contributed by atoms with Crippen molar-refractivity contribution in [1.29, 1.82) is 0 Å². The van der Waals surface area contributed by atoms with Crippen LogP contribution >= 0.6 is 0 Å². The first-order valence-electron chi connectivity index (χ1n) is 12.8. The second-order valence-corrected chi connectivity index (χ2v) is 9.11. The van der Waals surface area contributed by atoms with Crippen LogP contribution in [0, 0.1) is 0 Å². The zero-order chi connectivity index (χ0) is 29.1. The Kier molecular flexibility index (Phi) is 10.7. The molecule has 7 nitrogen and oxygen atoms in total. The number of unbranched alkanes of at least 4 members (excludes halogenated alkanes) is 3. The van der Waals surface area contributed by atoms with E-state index in [0.29, 0.717) is 23.5 Å². The number of carboxylic acids is 1. The molecule has 3 aromatic carbocycles. The highest BCUT2D eigenvalue weighted by Crippen LogP contribution is 2.29. The van der Waals surface area contributed by atoms with E-state index in [1.54, 1.807) is 36.4 Å². The van der Waals surface area contributed by atoms with Gasteiger partial charge in [0.15, 0.2) is 0 Å². The van der Waals surface area contributed by atoms with Gasteiger partial charge in [0.05, 0.1) is 17.7 Å². The molecule has 2 N–H and O–H groups in total. The molecule has 0 aliphatic heterocycles. The number of alkyl halides is 3. The molecule has 3 aromatic rings. The third-order valence-electron chi connectivity index (χ3n) is 6.01. The summed E-state index contributed by atoms with van der Waals surface area (Å²) >= 11 is 0. The Hall–Kier alpha value is -4.34. The fraction of sp³-hybridized carbons (Fsp3) is 0.300. The number of esters is 1. The molecule has 0 aliphatic carbocycles. The van der Waals surface area contributed by atoms with Gasteiger partial charge in [-0.25, -0.2) is 9.59 Å². The van der Waals surface area contributed by atoms with Gasteiger partial charge in [-0.3, -0.25) is 4.79 Å². The number of carbonyl (C=O) groups is 3. The van der Waals surface area contributed by atoms with Gasteiger partial charge in [0.25, 0.3) is 5.91 Å². The number of aliphatic carboxylic acids is 1. The van der Waals surface area contributed by atoms with Gasteiger partial charge < -0.3 is 19.9 Å². The first-order chi connectivity index (χ1) is 19.1. The minimum Gasteiger partial charge on any atom is -0.494 e. The Labute approximate surface area is 229 Å². The number of ether oxygens (including phenoxy) is 2. The minimum atomic E-state index is -4.55. The van der Waals surface area contributed by atoms with Gasteiger partial charge >= 0.3 is 18.1 Å². The average Bonchev–Trinajstić information content (AvgIpc) is 2.93. The van der Waals surface area contributed by atoms with E-state index in [1.807, 2.05) is 0 Å². The lowest BCUT2D eigenvalue weighted by molar-refractivity contribution is -0.139. The smallest absolute Gasteiger partial charge is 0.416 e. The fourth-order valence-electron chi connectivity index (χ4n) is 3.75. The molecule has 212 valence electrons. The van der Waals surface area contributed by atoms with Gasteiger partial charge in [0.2, 0.25) is 0 Å². The number of carbonyl (C=O) groups excluding carboxylic acids is 2. The number of amides is 1. The molecular formula is C30H30F3NO6. The zero-order valence-electron chi connectivity index (χ0n) is 21.9. The van der Waals surface area contributed by atoms with Crippen molar-refractivity contribution in [1.82, 2.24) is 5.32 Å². The van der Waals surface area contributed by atoms with Gasteiger partial charge in [0, 0.05) is 12.0 Å². The van der Waals surface area contributed by atoms with E-state index in [-0.39, 0.29) is 17.7 Å². The number of hydrogen-bond donors (Lipinski definition) is 2. The summed E-state index contributed by atoms with van der Waals surface area (Å²) < 4.78 is 49.3. The Morgan fingerprint density at radius 1 is 0.825 bits per heavy atom. The van der Waals surface area contributed by atoms with Crippen LogP contribution in [0.4, 0.5) is 13.2 Å². The monoisotopic (exact) mass is 557 g/mol. The van der Waals surface area contributed by atoms with E-state index in [1.165, 1.54) is 12.1 Å². The molecule has 0 aromatic heterocycles. The van der Waals surface area contributed by atoms with E-state index in [4.69, 9.17) is 9.47 Å². The third-order valence-corrected chi connectivity index (χ3v) is 6.01. The molecule has 1 atom stereocenters. The topological polar surface area (TPSA) is 102 Å². The lowest BCUT2D eigenvalue weighted by Gasteiger charge is -2.15. The summed E-state index contributed by atoms with van der Waals surface area (Å²) in [5.74, 6) is -1.81. The van der Waals surface area contributed by atoms with Crippen molar-refractivity contribution in [2.75, 3.05) is 6.61 Å². The first kappa shape index (κ1) is 30.2. The highest BCUT2D eigenvalue weighted by atomic mass is 19.4. The third kappa shape index (κ3) is 9.14. The maximum atomic E-state index is 12.7. The molecular weight excluding hydrogens is 527 g/mol. The molecule has 3 rings (SSSR count). The molecule has 10 heteroatoms. The lowest BCUT2D eigenvalue weighted by Crippen LogP contribution is -2.42. The van der Waals surface area contributed by atoms with Crippen LogP contribution in [-0.4, -0.2) is 35.6 Å². The number of hydrogen-bond acceptors (Lipinski definition) is 5. The number of halogens is 3. The zero-order valence-corrected chi connectivity index (χ0v) is 21.9. The summed E-state index contributed by atoms with van der Waals surface area (Å²) in [6.07, 6.45) is -0.269. The van der Waals surface area contributed by atoms with Crippen LogP contribution in [0.3, 0.4) is 0 Å². The van der Waals surface area contributed by atoms with Crippen molar-refractivity contribution >= 4 is 17.8 Å². The summed E-state index contributed by atoms with van der Waals surface area (Å²) in [5, 5.41) is 11.9. The molecule has 0 fully saturated rings. The predicted octanol–water partition coefficient (Wildman–Crippen LogP) is 6.31. The lowest BCUT2D eigenvalue weighted by atomic mass is 10.0. The maximum absolute atomic E-state index is 12.7. The molecule has 40 heavy (non-hydrogen) atoms. The molecule has 0 heterocycles. The largest absolute Gasteiger partial charge is 0.494 e. The standard InChI is InChI=1S/C30H30F3NO6/c1-2-3-4-5-18-39-24-16-10-22(11-17-24)29(38)40-25-14-6-20(7-15-25)19-26(28(36)37)34-27(35)21-8-12-23(13-9-21)30(31,32)33/h6-17,26H,2-5,18-19H2,1H3,(H,34,35)(H,36,37)/t26-/m0/s1. The molecule has 0 spiro atoms. The van der Waals surface area contributed by atoms with Crippen molar-refractivity contribution < 1.29 is 42.1 Å². The molecule has 0 unspecified atom stereocenters. The Balaban J connectivity index is 1.53. The van der Waals surface area contributed by atoms with Crippen LogP contribution in [0.15, 0.2) is 72.8 Å². The van der Waals surface area contributed by atoms with Gasteiger partial charge in [-0.1, -0.05) is 38.3 Å². The highest BCUT2D eigenvalue weighted by Gasteiger charge is 2.30. The Morgan fingerprint density at radius 3 is 2.00 bits per heavy atom. The van der Waals surface area contributed by atoms with Gasteiger partial charge in [-0.05, 0) is 72.6 Å². The molecule has 1 amide bonds. The molecule has 0 saturated carbocycles. The summed E-state index contributed by atoms with van der Waals surface area (Å²) in [6, 6.07) is 14.8. The number of carboxylic acid groups (broad SMARTS) is 1. The van der Waals surface area contributed by atoms with Crippen LogP contribution in [0.2, 0.25) is 0 Å². The fourth-order valence-corrected chi connectivity index (χ4v) is 3.75. The molecule has 0 aliphatic rings. The van der Waals surface area contributed by atoms with E-state index in [2.05, 4.69) is 12.2 Å². The second kappa shape index (κ2) is 14.2. The summed E-state index contributed by atoms with van der Waals surface area (Å²) in [4.78, 5) is 36.6. The van der Waals surface area contributed by atoms with Crippen molar-refractivity contribution in [3.63, 3.8) is 0 Å². The number of nitrogens with one attached hydrogen (secondary N) is 1. The van der Waals surface area contributed by atoms with E-state index >= 15 is 0 Å². The van der Waals surface area contributed by atoms with Crippen LogP contribution in [0.5, 0.6) is 11.5 Å². The second-order valence-electron chi connectivity index (χ2n) is 9.11. The van der Waals surface area contributed by atoms with Crippen molar-refractivity contribution in [3.8, 4) is 11.5 Å². The van der Waals surface area contributed by atoms with Crippen LogP contribution in [0.1, 0.15) is 64.4 Å². The Bertz CT molecular complexity index is 1270. The summed E-state index contributed by atoms with van der Waals surface area (Å²) in [7, 11) is 0. The summed E-state index contributed by atoms with van der Waals surface area (Å²) in [6.45, 7) is 2.75. The summed E-state index contributed by atoms with van der Waals surface area (Å²) in [5.41, 5.74) is -0.161. The average molecular weight is 558 g/mol. The normalized spacial score (nSPS) is 11.9. The minimum absolute atomic E-state index is 0.101. The van der Waals surface area contributed by atoms with Gasteiger partial charge in [-0.15, -0.1) is 0 Å². The van der Waals surface area contributed by atoms with Crippen LogP contribution in [-0.2, 0) is 17.4 Å². The SMILES string of the molecule is CCCCCCOc1ccc(C(=O)Oc2ccc(C[C@H](NC(=O)c3ccc(C(F)(F)F)cc3)C(=O)O)cc2)cc1. The predicted molar refractivity (Wildman–Crippen MR) is 142 cm³/mol. The molecule has 0 bridgehead atoms. The van der Waals surface area contributed by atoms with Crippen LogP contribution in [0.25, 0.3) is 0 Å². The van der Waals surface area contributed by atoms with Gasteiger partial charge in [0.1, 0.15) is 17.5 Å². The quantitative estimate of drug-likeness (QED) is 0.145. The maximum Gasteiger partial charge on any atom is 0.416 e. The van der Waals surface area contributed by atoms with E-state index in [9.17, 15) is 32.7 Å². The van der Waals surface area contributed by atoms with Crippen molar-refractivity contribution in [2.45, 2.75) is 51.2 Å². The number of rotatable bonds is 13. The first-order valence-corrected chi connectivity index (χ1v) is 12.8. The molecule has 0 radical (unpaired) electrons. The molecule has 0 saturated heterocycles. The highest BCUT2D eigenvalue weighted by molar-refractivity contribution is 5.96. The van der Waals surface area contributed by atoms with E-state index in [0.717, 1.165) is 49.9 Å². The van der Waals surface area contributed by atoms with Gasteiger partial charge in [-0.2, -0.15) is 13.2 Å². The van der Waals surface area contributed by atoms with E-state index < -0.39 is 35.6 Å². The van der Waals surface area contributed by atoms with Crippen molar-refractivity contribution in [2.24, 2.45) is 0 Å². The van der Waals surface area contributed by atoms with Crippen LogP contribution < -0.4 is 14.8 Å². The van der Waals surface area contributed by atoms with Crippen molar-refractivity contribution in [3.05, 3.63) is 95.1 Å². The number of benzene rings is 3. The Morgan fingerprint density at radius 2 is 1.43 bits per heavy atom.